The minimum absolute atomic E-state index is 0.0265. The highest BCUT2D eigenvalue weighted by Gasteiger charge is 2.27. The molecule has 0 spiro atoms. The number of nitrogens with zero attached hydrogens (tertiary/aromatic N) is 7. The van der Waals surface area contributed by atoms with E-state index in [1.165, 1.54) is 0 Å². The van der Waals surface area contributed by atoms with E-state index in [0.717, 1.165) is 11.5 Å². The number of hydrogen-bond acceptors (Lipinski definition) is 7. The van der Waals surface area contributed by atoms with Crippen LogP contribution >= 0.6 is 0 Å². The molecule has 9 heteroatoms. The van der Waals surface area contributed by atoms with Crippen LogP contribution in [-0.2, 0) is 0 Å². The lowest BCUT2D eigenvalue weighted by molar-refractivity contribution is 0.0744. The number of aryl methyl sites for hydroxylation is 3. The van der Waals surface area contributed by atoms with Crippen molar-refractivity contribution in [1.82, 2.24) is 30.0 Å². The molecule has 0 radical (unpaired) electrons. The van der Waals surface area contributed by atoms with Gasteiger partial charge in [0, 0.05) is 32.4 Å². The minimum Gasteiger partial charge on any atom is -0.361 e. The average molecular weight is 367 g/mol. The zero-order chi connectivity index (χ0) is 19.0. The van der Waals surface area contributed by atoms with Gasteiger partial charge in [-0.2, -0.15) is 5.10 Å². The predicted molar refractivity (Wildman–Crippen MR) is 98.0 cm³/mol. The van der Waals surface area contributed by atoms with Crippen LogP contribution in [0.5, 0.6) is 0 Å². The summed E-state index contributed by atoms with van der Waals surface area (Å²) in [6.45, 7) is 8.12. The number of aromatic nitrogens is 5. The molecule has 0 bridgehead atoms. The largest absolute Gasteiger partial charge is 0.361 e. The molecule has 3 aromatic heterocycles. The Morgan fingerprint density at radius 3 is 2.26 bits per heavy atom. The van der Waals surface area contributed by atoms with E-state index in [0.29, 0.717) is 49.0 Å². The fraction of sp³-hybridized carbons (Fsp3) is 0.389. The van der Waals surface area contributed by atoms with Crippen molar-refractivity contribution in [3.8, 4) is 5.82 Å². The summed E-state index contributed by atoms with van der Waals surface area (Å²) in [6, 6.07) is 5.76. The lowest BCUT2D eigenvalue weighted by Crippen LogP contribution is -2.49. The highest BCUT2D eigenvalue weighted by molar-refractivity contribution is 5.96. The summed E-state index contributed by atoms with van der Waals surface area (Å²) in [7, 11) is 0. The van der Waals surface area contributed by atoms with E-state index in [1.54, 1.807) is 18.5 Å². The SMILES string of the molecule is Cc1ccn(-c2ccc(N3CCN(C(=O)c4c(C)noc4C)CC3)nn2)n1. The Hall–Kier alpha value is -3.23. The first-order valence-electron chi connectivity index (χ1n) is 8.86. The van der Waals surface area contributed by atoms with Gasteiger partial charge in [-0.15, -0.1) is 10.2 Å². The Bertz CT molecular complexity index is 933. The Balaban J connectivity index is 1.41. The molecule has 1 saturated heterocycles. The number of anilines is 1. The Kier molecular flexibility index (Phi) is 4.35. The molecule has 140 valence electrons. The van der Waals surface area contributed by atoms with Gasteiger partial charge < -0.3 is 14.3 Å². The highest BCUT2D eigenvalue weighted by Crippen LogP contribution is 2.18. The monoisotopic (exact) mass is 367 g/mol. The molecule has 1 amide bonds. The van der Waals surface area contributed by atoms with Crippen molar-refractivity contribution in [2.75, 3.05) is 31.1 Å². The molecular weight excluding hydrogens is 346 g/mol. The first-order chi connectivity index (χ1) is 13.0. The second-order valence-corrected chi connectivity index (χ2v) is 6.63. The second kappa shape index (κ2) is 6.82. The van der Waals surface area contributed by atoms with Crippen molar-refractivity contribution in [1.29, 1.82) is 0 Å². The van der Waals surface area contributed by atoms with E-state index in [1.807, 2.05) is 36.2 Å². The molecule has 0 aromatic carbocycles. The van der Waals surface area contributed by atoms with Gasteiger partial charge in [0.15, 0.2) is 11.6 Å². The maximum Gasteiger partial charge on any atom is 0.259 e. The van der Waals surface area contributed by atoms with E-state index in [2.05, 4.69) is 25.4 Å². The maximum absolute atomic E-state index is 12.7. The standard InChI is InChI=1S/C18H21N7O2/c1-12-6-7-25(21-12)16-5-4-15(19-20-16)23-8-10-24(11-9-23)18(26)17-13(2)22-27-14(17)3/h4-7H,8-11H2,1-3H3. The number of carbonyl (C=O) groups is 1. The van der Waals surface area contributed by atoms with E-state index < -0.39 is 0 Å². The summed E-state index contributed by atoms with van der Waals surface area (Å²) >= 11 is 0. The Morgan fingerprint density at radius 1 is 1.00 bits per heavy atom. The van der Waals surface area contributed by atoms with Gasteiger partial charge in [-0.1, -0.05) is 5.16 Å². The molecule has 0 aliphatic carbocycles. The van der Waals surface area contributed by atoms with Gasteiger partial charge >= 0.3 is 0 Å². The van der Waals surface area contributed by atoms with Gasteiger partial charge in [0.05, 0.1) is 11.4 Å². The molecule has 4 heterocycles. The van der Waals surface area contributed by atoms with Crippen LogP contribution in [0.3, 0.4) is 0 Å². The van der Waals surface area contributed by atoms with E-state index in [-0.39, 0.29) is 5.91 Å². The molecule has 1 aliphatic heterocycles. The van der Waals surface area contributed by atoms with Crippen LogP contribution in [0.2, 0.25) is 0 Å². The van der Waals surface area contributed by atoms with Crippen molar-refractivity contribution < 1.29 is 9.32 Å². The van der Waals surface area contributed by atoms with Gasteiger partial charge in [0.1, 0.15) is 11.3 Å². The van der Waals surface area contributed by atoms with E-state index in [4.69, 9.17) is 4.52 Å². The third-order valence-corrected chi connectivity index (χ3v) is 4.73. The van der Waals surface area contributed by atoms with Gasteiger partial charge in [-0.3, -0.25) is 4.79 Å². The smallest absolute Gasteiger partial charge is 0.259 e. The Morgan fingerprint density at radius 2 is 1.70 bits per heavy atom. The maximum atomic E-state index is 12.7. The fourth-order valence-corrected chi connectivity index (χ4v) is 3.24. The molecule has 1 aliphatic rings. The fourth-order valence-electron chi connectivity index (χ4n) is 3.24. The zero-order valence-electron chi connectivity index (χ0n) is 15.6. The molecule has 0 N–H and O–H groups in total. The van der Waals surface area contributed by atoms with Gasteiger partial charge in [0.25, 0.3) is 5.91 Å². The Labute approximate surface area is 156 Å². The topological polar surface area (TPSA) is 93.2 Å². The van der Waals surface area contributed by atoms with Crippen LogP contribution in [0, 0.1) is 20.8 Å². The average Bonchev–Trinajstić information content (AvgIpc) is 3.27. The molecule has 0 saturated carbocycles. The van der Waals surface area contributed by atoms with Crippen LogP contribution < -0.4 is 4.90 Å². The molecule has 27 heavy (non-hydrogen) atoms. The molecular formula is C18H21N7O2. The zero-order valence-corrected chi connectivity index (χ0v) is 15.6. The van der Waals surface area contributed by atoms with E-state index in [9.17, 15) is 4.79 Å². The van der Waals surface area contributed by atoms with Crippen LogP contribution in [0.4, 0.5) is 5.82 Å². The normalized spacial score (nSPS) is 14.6. The number of carbonyl (C=O) groups excluding carboxylic acids is 1. The predicted octanol–water partition coefficient (Wildman–Crippen LogP) is 1.54. The molecule has 0 atom stereocenters. The van der Waals surface area contributed by atoms with Crippen molar-refractivity contribution in [3.05, 3.63) is 47.1 Å². The second-order valence-electron chi connectivity index (χ2n) is 6.63. The summed E-state index contributed by atoms with van der Waals surface area (Å²) < 4.78 is 6.81. The molecule has 0 unspecified atom stereocenters. The third kappa shape index (κ3) is 3.27. The summed E-state index contributed by atoms with van der Waals surface area (Å²) in [4.78, 5) is 16.7. The van der Waals surface area contributed by atoms with Crippen molar-refractivity contribution >= 4 is 11.7 Å². The summed E-state index contributed by atoms with van der Waals surface area (Å²) in [6.07, 6.45) is 1.86. The molecule has 9 nitrogen and oxygen atoms in total. The quantitative estimate of drug-likeness (QED) is 0.693. The number of hydrogen-bond donors (Lipinski definition) is 0. The van der Waals surface area contributed by atoms with Crippen molar-refractivity contribution in [2.24, 2.45) is 0 Å². The van der Waals surface area contributed by atoms with Crippen LogP contribution in [0.15, 0.2) is 28.9 Å². The number of rotatable bonds is 3. The van der Waals surface area contributed by atoms with Crippen molar-refractivity contribution in [2.45, 2.75) is 20.8 Å². The summed E-state index contributed by atoms with van der Waals surface area (Å²) in [5, 5.41) is 16.8. The lowest BCUT2D eigenvalue weighted by Gasteiger charge is -2.35. The lowest BCUT2D eigenvalue weighted by atomic mass is 10.1. The third-order valence-electron chi connectivity index (χ3n) is 4.73. The van der Waals surface area contributed by atoms with Gasteiger partial charge in [0.2, 0.25) is 0 Å². The number of piperazine rings is 1. The molecule has 3 aromatic rings. The van der Waals surface area contributed by atoms with Gasteiger partial charge in [-0.25, -0.2) is 4.68 Å². The molecule has 1 fully saturated rings. The first kappa shape index (κ1) is 17.2. The van der Waals surface area contributed by atoms with Crippen LogP contribution in [0.1, 0.15) is 27.5 Å². The minimum atomic E-state index is -0.0265. The highest BCUT2D eigenvalue weighted by atomic mass is 16.5. The van der Waals surface area contributed by atoms with Crippen molar-refractivity contribution in [3.63, 3.8) is 0 Å². The van der Waals surface area contributed by atoms with Crippen LogP contribution in [-0.4, -0.2) is 62.1 Å². The van der Waals surface area contributed by atoms with E-state index >= 15 is 0 Å². The summed E-state index contributed by atoms with van der Waals surface area (Å²) in [5.74, 6) is 2.02. The summed E-state index contributed by atoms with van der Waals surface area (Å²) in [5.41, 5.74) is 2.14. The number of amides is 1. The first-order valence-corrected chi connectivity index (χ1v) is 8.86. The van der Waals surface area contributed by atoms with Gasteiger partial charge in [-0.05, 0) is 39.0 Å². The molecule has 4 rings (SSSR count). The van der Waals surface area contributed by atoms with Crippen LogP contribution in [0.25, 0.3) is 5.82 Å².